The van der Waals surface area contributed by atoms with Crippen LogP contribution in [0.15, 0.2) is 24.5 Å². The first-order valence-corrected chi connectivity index (χ1v) is 9.14. The van der Waals surface area contributed by atoms with Crippen LogP contribution in [0.5, 0.6) is 0 Å². The standard InChI is InChI=1S/C19H27N3O/c23-18(17-4-1-5-17)22-11-7-19(8-12-22)6-10-21(15-19)14-16-3-2-9-20-13-16/h2-3,9,13,17H,1,4-8,10-12,14-15H2. The number of hydrogen-bond donors (Lipinski definition) is 0. The van der Waals surface area contributed by atoms with Gasteiger partial charge in [-0.05, 0) is 55.7 Å². The first-order chi connectivity index (χ1) is 11.2. The Labute approximate surface area is 138 Å². The minimum Gasteiger partial charge on any atom is -0.342 e. The van der Waals surface area contributed by atoms with E-state index in [-0.39, 0.29) is 0 Å². The lowest BCUT2D eigenvalue weighted by molar-refractivity contribution is -0.140. The molecule has 1 saturated carbocycles. The van der Waals surface area contributed by atoms with Crippen molar-refractivity contribution in [3.63, 3.8) is 0 Å². The van der Waals surface area contributed by atoms with Crippen LogP contribution in [0, 0.1) is 11.3 Å². The number of rotatable bonds is 3. The third-order valence-electron chi connectivity index (χ3n) is 6.24. The zero-order chi connectivity index (χ0) is 15.7. The zero-order valence-corrected chi connectivity index (χ0v) is 13.9. The maximum atomic E-state index is 12.4. The number of aromatic nitrogens is 1. The van der Waals surface area contributed by atoms with E-state index in [4.69, 9.17) is 0 Å². The van der Waals surface area contributed by atoms with Crippen LogP contribution >= 0.6 is 0 Å². The van der Waals surface area contributed by atoms with Crippen molar-refractivity contribution >= 4 is 5.91 Å². The zero-order valence-electron chi connectivity index (χ0n) is 13.9. The first-order valence-electron chi connectivity index (χ1n) is 9.14. The number of piperidine rings is 1. The van der Waals surface area contributed by atoms with Gasteiger partial charge in [-0.25, -0.2) is 0 Å². The van der Waals surface area contributed by atoms with Gasteiger partial charge in [0, 0.05) is 44.5 Å². The van der Waals surface area contributed by atoms with Gasteiger partial charge in [0.15, 0.2) is 0 Å². The third-order valence-corrected chi connectivity index (χ3v) is 6.24. The molecule has 4 rings (SSSR count). The molecular formula is C19H27N3O. The second kappa shape index (κ2) is 6.23. The summed E-state index contributed by atoms with van der Waals surface area (Å²) in [5.41, 5.74) is 1.76. The molecule has 0 unspecified atom stereocenters. The fraction of sp³-hybridized carbons (Fsp3) is 0.684. The minimum absolute atomic E-state index is 0.356. The van der Waals surface area contributed by atoms with Gasteiger partial charge in [-0.3, -0.25) is 14.7 Å². The van der Waals surface area contributed by atoms with Crippen LogP contribution in [0.25, 0.3) is 0 Å². The quantitative estimate of drug-likeness (QED) is 0.861. The highest BCUT2D eigenvalue weighted by Crippen LogP contribution is 2.41. The summed E-state index contributed by atoms with van der Waals surface area (Å²) in [7, 11) is 0. The van der Waals surface area contributed by atoms with Crippen molar-refractivity contribution < 1.29 is 4.79 Å². The number of pyridine rings is 1. The molecule has 4 heteroatoms. The summed E-state index contributed by atoms with van der Waals surface area (Å²) in [4.78, 5) is 21.3. The van der Waals surface area contributed by atoms with Crippen molar-refractivity contribution in [2.45, 2.75) is 45.1 Å². The Morgan fingerprint density at radius 2 is 2.00 bits per heavy atom. The summed E-state index contributed by atoms with van der Waals surface area (Å²) in [6, 6.07) is 4.18. The molecule has 3 fully saturated rings. The molecule has 2 aliphatic heterocycles. The number of nitrogens with zero attached hydrogens (tertiary/aromatic N) is 3. The molecule has 2 saturated heterocycles. The molecule has 1 spiro atoms. The maximum Gasteiger partial charge on any atom is 0.225 e. The lowest BCUT2D eigenvalue weighted by Gasteiger charge is -2.41. The molecule has 1 amide bonds. The molecule has 23 heavy (non-hydrogen) atoms. The fourth-order valence-corrected chi connectivity index (χ4v) is 4.44. The van der Waals surface area contributed by atoms with Crippen LogP contribution in [0.4, 0.5) is 0 Å². The van der Waals surface area contributed by atoms with Crippen LogP contribution in [0.2, 0.25) is 0 Å². The average molecular weight is 313 g/mol. The molecule has 1 aromatic rings. The highest BCUT2D eigenvalue weighted by atomic mass is 16.2. The van der Waals surface area contributed by atoms with E-state index in [9.17, 15) is 4.79 Å². The van der Waals surface area contributed by atoms with Gasteiger partial charge in [0.2, 0.25) is 5.91 Å². The molecule has 124 valence electrons. The molecule has 0 bridgehead atoms. The largest absolute Gasteiger partial charge is 0.342 e. The van der Waals surface area contributed by atoms with E-state index in [2.05, 4.69) is 20.9 Å². The van der Waals surface area contributed by atoms with Crippen LogP contribution in [-0.4, -0.2) is 46.9 Å². The number of likely N-dealkylation sites (tertiary alicyclic amines) is 2. The van der Waals surface area contributed by atoms with Crippen molar-refractivity contribution in [1.29, 1.82) is 0 Å². The molecule has 0 aromatic carbocycles. The van der Waals surface area contributed by atoms with Gasteiger partial charge >= 0.3 is 0 Å². The van der Waals surface area contributed by atoms with Gasteiger partial charge in [0.05, 0.1) is 0 Å². The van der Waals surface area contributed by atoms with Crippen molar-refractivity contribution in [2.75, 3.05) is 26.2 Å². The summed E-state index contributed by atoms with van der Waals surface area (Å²) in [5.74, 6) is 0.797. The van der Waals surface area contributed by atoms with E-state index in [1.165, 1.54) is 44.3 Å². The van der Waals surface area contributed by atoms with Crippen LogP contribution in [0.3, 0.4) is 0 Å². The predicted molar refractivity (Wildman–Crippen MR) is 89.7 cm³/mol. The number of carbonyl (C=O) groups excluding carboxylic acids is 1. The van der Waals surface area contributed by atoms with Gasteiger partial charge in [0.25, 0.3) is 0 Å². The topological polar surface area (TPSA) is 36.4 Å². The maximum absolute atomic E-state index is 12.4. The van der Waals surface area contributed by atoms with E-state index < -0.39 is 0 Å². The smallest absolute Gasteiger partial charge is 0.225 e. The normalized spacial score (nSPS) is 24.8. The molecule has 0 radical (unpaired) electrons. The van der Waals surface area contributed by atoms with Crippen molar-refractivity contribution in [2.24, 2.45) is 11.3 Å². The molecule has 1 aliphatic carbocycles. The summed E-state index contributed by atoms with van der Waals surface area (Å²) in [6.07, 6.45) is 11.0. The van der Waals surface area contributed by atoms with Gasteiger partial charge < -0.3 is 4.90 Å². The minimum atomic E-state index is 0.356. The van der Waals surface area contributed by atoms with Crippen LogP contribution in [0.1, 0.15) is 44.1 Å². The van der Waals surface area contributed by atoms with Gasteiger partial charge in [0.1, 0.15) is 0 Å². The highest BCUT2D eigenvalue weighted by Gasteiger charge is 2.42. The lowest BCUT2D eigenvalue weighted by Crippen LogP contribution is -2.47. The van der Waals surface area contributed by atoms with E-state index in [1.54, 1.807) is 0 Å². The van der Waals surface area contributed by atoms with Crippen LogP contribution in [-0.2, 0) is 11.3 Å². The Morgan fingerprint density at radius 3 is 2.65 bits per heavy atom. The predicted octanol–water partition coefficient (Wildman–Crippen LogP) is 2.70. The Balaban J connectivity index is 1.30. The molecule has 4 nitrogen and oxygen atoms in total. The number of carbonyl (C=O) groups is 1. The van der Waals surface area contributed by atoms with Crippen LogP contribution < -0.4 is 0 Å². The number of hydrogen-bond acceptors (Lipinski definition) is 3. The second-order valence-corrected chi connectivity index (χ2v) is 7.78. The van der Waals surface area contributed by atoms with E-state index in [0.717, 1.165) is 32.5 Å². The average Bonchev–Trinajstić information content (AvgIpc) is 2.90. The highest BCUT2D eigenvalue weighted by molar-refractivity contribution is 5.79. The Hall–Kier alpha value is -1.42. The van der Waals surface area contributed by atoms with Crippen molar-refractivity contribution in [3.05, 3.63) is 30.1 Å². The third kappa shape index (κ3) is 3.14. The molecule has 0 N–H and O–H groups in total. The Bertz CT molecular complexity index is 547. The molecule has 3 aliphatic rings. The van der Waals surface area contributed by atoms with E-state index in [1.807, 2.05) is 18.5 Å². The SMILES string of the molecule is O=C(C1CCC1)N1CCC2(CCN(Cc3cccnc3)C2)CC1. The van der Waals surface area contributed by atoms with Crippen molar-refractivity contribution in [1.82, 2.24) is 14.8 Å². The fourth-order valence-electron chi connectivity index (χ4n) is 4.44. The molecule has 1 aromatic heterocycles. The second-order valence-electron chi connectivity index (χ2n) is 7.78. The summed E-state index contributed by atoms with van der Waals surface area (Å²) in [5, 5.41) is 0. The molecule has 0 atom stereocenters. The van der Waals surface area contributed by atoms with Crippen molar-refractivity contribution in [3.8, 4) is 0 Å². The monoisotopic (exact) mass is 313 g/mol. The lowest BCUT2D eigenvalue weighted by atomic mass is 9.77. The number of amides is 1. The van der Waals surface area contributed by atoms with Gasteiger partial charge in [-0.1, -0.05) is 12.5 Å². The van der Waals surface area contributed by atoms with E-state index >= 15 is 0 Å². The Kier molecular flexibility index (Phi) is 4.10. The Morgan fingerprint density at radius 1 is 1.22 bits per heavy atom. The molecule has 3 heterocycles. The molecular weight excluding hydrogens is 286 g/mol. The first kappa shape index (κ1) is 15.1. The summed E-state index contributed by atoms with van der Waals surface area (Å²) in [6.45, 7) is 5.35. The summed E-state index contributed by atoms with van der Waals surface area (Å²) >= 11 is 0. The van der Waals surface area contributed by atoms with Gasteiger partial charge in [-0.15, -0.1) is 0 Å². The van der Waals surface area contributed by atoms with Gasteiger partial charge in [-0.2, -0.15) is 0 Å². The summed E-state index contributed by atoms with van der Waals surface area (Å²) < 4.78 is 0. The van der Waals surface area contributed by atoms with E-state index in [0.29, 0.717) is 17.2 Å².